The maximum atomic E-state index is 12.2. The molecule has 0 saturated carbocycles. The van der Waals surface area contributed by atoms with Crippen LogP contribution in [0.1, 0.15) is 206 Å². The summed E-state index contributed by atoms with van der Waals surface area (Å²) in [4.78, 5) is 12.2. The smallest absolute Gasteiger partial charge is 0.306 e. The lowest BCUT2D eigenvalue weighted by molar-refractivity contribution is -0.154. The normalized spacial score (nSPS) is 13.0. The van der Waals surface area contributed by atoms with Crippen LogP contribution >= 0.6 is 0 Å². The summed E-state index contributed by atoms with van der Waals surface area (Å²) in [7, 11) is 0. The lowest BCUT2D eigenvalue weighted by Gasteiger charge is -2.16. The molecule has 0 bridgehead atoms. The Labute approximate surface area is 329 Å². The molecule has 306 valence electrons. The Morgan fingerprint density at radius 2 is 0.849 bits per heavy atom. The summed E-state index contributed by atoms with van der Waals surface area (Å²) in [5.41, 5.74) is 0. The van der Waals surface area contributed by atoms with Crippen LogP contribution < -0.4 is 0 Å². The van der Waals surface area contributed by atoms with Crippen molar-refractivity contribution in [2.24, 2.45) is 0 Å². The molecule has 1 N–H and O–H groups in total. The Balaban J connectivity index is 3.46. The van der Waals surface area contributed by atoms with Gasteiger partial charge in [-0.05, 0) is 83.5 Å². The van der Waals surface area contributed by atoms with Gasteiger partial charge in [-0.15, -0.1) is 0 Å². The Kier molecular flexibility index (Phi) is 44.1. The van der Waals surface area contributed by atoms with Gasteiger partial charge in [0.15, 0.2) is 0 Å². The van der Waals surface area contributed by atoms with Gasteiger partial charge in [-0.2, -0.15) is 0 Å². The third-order valence-corrected chi connectivity index (χ3v) is 9.52. The Morgan fingerprint density at radius 1 is 0.472 bits per heavy atom. The van der Waals surface area contributed by atoms with Crippen molar-refractivity contribution in [3.8, 4) is 0 Å². The number of unbranched alkanes of at least 4 members (excludes halogenated alkanes) is 21. The third-order valence-electron chi connectivity index (χ3n) is 9.52. The van der Waals surface area contributed by atoms with Crippen LogP contribution in [0.15, 0.2) is 72.9 Å². The molecule has 0 aromatic heterocycles. The Bertz CT molecular complexity index is 911. The molecule has 1 atom stereocenters. The SMILES string of the molecule is CC/C=C\C/C=C\C/C=C\C/C=C\CCCCCCCCCCCOCC(CO)OC(=O)CCCCCCCCCCC/C=C\C/C=C\CCCCC. The van der Waals surface area contributed by atoms with Gasteiger partial charge >= 0.3 is 5.97 Å². The van der Waals surface area contributed by atoms with Crippen molar-refractivity contribution in [3.05, 3.63) is 72.9 Å². The fraction of sp³-hybridized carbons (Fsp3) is 0.735. The number of aliphatic hydroxyl groups excluding tert-OH is 1. The van der Waals surface area contributed by atoms with E-state index in [1.165, 1.54) is 135 Å². The maximum absolute atomic E-state index is 12.2. The largest absolute Gasteiger partial charge is 0.457 e. The monoisotopic (exact) mass is 739 g/mol. The molecule has 0 fully saturated rings. The summed E-state index contributed by atoms with van der Waals surface area (Å²) in [6, 6.07) is 0. The van der Waals surface area contributed by atoms with Crippen LogP contribution in [0, 0.1) is 0 Å². The van der Waals surface area contributed by atoms with E-state index in [4.69, 9.17) is 9.47 Å². The topological polar surface area (TPSA) is 55.8 Å². The van der Waals surface area contributed by atoms with Crippen LogP contribution in [0.4, 0.5) is 0 Å². The van der Waals surface area contributed by atoms with Crippen molar-refractivity contribution in [2.75, 3.05) is 19.8 Å². The van der Waals surface area contributed by atoms with E-state index in [1.54, 1.807) is 0 Å². The number of aliphatic hydroxyl groups is 1. The highest BCUT2D eigenvalue weighted by molar-refractivity contribution is 5.69. The lowest BCUT2D eigenvalue weighted by Crippen LogP contribution is -2.27. The van der Waals surface area contributed by atoms with Gasteiger partial charge in [0.05, 0.1) is 13.2 Å². The van der Waals surface area contributed by atoms with Crippen molar-refractivity contribution in [3.63, 3.8) is 0 Å². The fourth-order valence-corrected chi connectivity index (χ4v) is 6.17. The molecular formula is C49H86O4. The first-order valence-electron chi connectivity index (χ1n) is 22.5. The molecule has 4 nitrogen and oxygen atoms in total. The van der Waals surface area contributed by atoms with Crippen molar-refractivity contribution < 1.29 is 19.4 Å². The standard InChI is InChI=1S/C49H86O4/c1-3-5-7-9-11-13-15-17-19-21-23-24-25-27-29-31-33-35-37-39-41-43-45-52-47-48(46-50)53-49(51)44-42-40-38-36-34-32-30-28-26-22-20-18-16-14-12-10-8-6-4-2/h5,7,11-14,17-20,23-24,48,50H,3-4,6,8-10,15-16,21-22,25-47H2,1-2H3/b7-5-,13-11-,14-12-,19-17-,20-18-,24-23-. The summed E-state index contributed by atoms with van der Waals surface area (Å²) in [6.07, 6.45) is 62.5. The van der Waals surface area contributed by atoms with Gasteiger partial charge in [0.2, 0.25) is 0 Å². The van der Waals surface area contributed by atoms with Crippen LogP contribution in [0.2, 0.25) is 0 Å². The predicted molar refractivity (Wildman–Crippen MR) is 232 cm³/mol. The number of carbonyl (C=O) groups excluding carboxylic acids is 1. The molecule has 0 aliphatic heterocycles. The number of hydrogen-bond donors (Lipinski definition) is 1. The highest BCUT2D eigenvalue weighted by Crippen LogP contribution is 2.14. The number of allylic oxidation sites excluding steroid dienone is 12. The van der Waals surface area contributed by atoms with E-state index in [-0.39, 0.29) is 19.2 Å². The minimum atomic E-state index is -0.543. The van der Waals surface area contributed by atoms with E-state index < -0.39 is 6.10 Å². The van der Waals surface area contributed by atoms with Crippen LogP contribution in [0.5, 0.6) is 0 Å². The quantitative estimate of drug-likeness (QED) is 0.0385. The predicted octanol–water partition coefficient (Wildman–Crippen LogP) is 15.0. The first-order valence-corrected chi connectivity index (χ1v) is 22.5. The highest BCUT2D eigenvalue weighted by atomic mass is 16.6. The molecule has 0 aliphatic carbocycles. The maximum Gasteiger partial charge on any atom is 0.306 e. The average molecular weight is 739 g/mol. The first kappa shape index (κ1) is 50.8. The molecule has 0 heterocycles. The van der Waals surface area contributed by atoms with Gasteiger partial charge in [-0.3, -0.25) is 4.79 Å². The average Bonchev–Trinajstić information content (AvgIpc) is 3.16. The molecular weight excluding hydrogens is 653 g/mol. The number of carbonyl (C=O) groups is 1. The van der Waals surface area contributed by atoms with Crippen LogP contribution in [-0.4, -0.2) is 37.0 Å². The fourth-order valence-electron chi connectivity index (χ4n) is 6.17. The molecule has 0 aromatic rings. The summed E-state index contributed by atoms with van der Waals surface area (Å²) < 4.78 is 11.2. The number of esters is 1. The van der Waals surface area contributed by atoms with Crippen LogP contribution in [0.3, 0.4) is 0 Å². The molecule has 4 heteroatoms. The van der Waals surface area contributed by atoms with Crippen molar-refractivity contribution in [1.29, 1.82) is 0 Å². The van der Waals surface area contributed by atoms with Crippen molar-refractivity contribution in [2.45, 2.75) is 213 Å². The van der Waals surface area contributed by atoms with E-state index in [2.05, 4.69) is 86.8 Å². The minimum Gasteiger partial charge on any atom is -0.457 e. The summed E-state index contributed by atoms with van der Waals surface area (Å²) in [5.74, 6) is -0.209. The lowest BCUT2D eigenvalue weighted by atomic mass is 10.1. The summed E-state index contributed by atoms with van der Waals surface area (Å²) in [6.45, 7) is 5.20. The van der Waals surface area contributed by atoms with Gasteiger partial charge in [0.1, 0.15) is 6.10 Å². The molecule has 0 aromatic carbocycles. The first-order chi connectivity index (χ1) is 26.2. The molecule has 0 radical (unpaired) electrons. The van der Waals surface area contributed by atoms with Crippen molar-refractivity contribution >= 4 is 5.97 Å². The Morgan fingerprint density at radius 3 is 1.28 bits per heavy atom. The van der Waals surface area contributed by atoms with Gasteiger partial charge in [-0.1, -0.05) is 189 Å². The highest BCUT2D eigenvalue weighted by Gasteiger charge is 2.13. The van der Waals surface area contributed by atoms with Gasteiger partial charge < -0.3 is 14.6 Å². The van der Waals surface area contributed by atoms with Gasteiger partial charge in [0.25, 0.3) is 0 Å². The van der Waals surface area contributed by atoms with Gasteiger partial charge in [0, 0.05) is 13.0 Å². The Hall–Kier alpha value is -2.17. The molecule has 53 heavy (non-hydrogen) atoms. The second-order valence-corrected chi connectivity index (χ2v) is 14.7. The van der Waals surface area contributed by atoms with E-state index >= 15 is 0 Å². The summed E-state index contributed by atoms with van der Waals surface area (Å²) >= 11 is 0. The number of ether oxygens (including phenoxy) is 2. The molecule has 0 amide bonds. The second kappa shape index (κ2) is 46.0. The number of hydrogen-bond acceptors (Lipinski definition) is 4. The van der Waals surface area contributed by atoms with Crippen molar-refractivity contribution in [1.82, 2.24) is 0 Å². The van der Waals surface area contributed by atoms with E-state index in [0.29, 0.717) is 13.0 Å². The van der Waals surface area contributed by atoms with E-state index in [0.717, 1.165) is 51.4 Å². The zero-order valence-corrected chi connectivity index (χ0v) is 35.0. The molecule has 0 aliphatic rings. The zero-order valence-electron chi connectivity index (χ0n) is 35.0. The number of rotatable bonds is 41. The van der Waals surface area contributed by atoms with E-state index in [9.17, 15) is 9.90 Å². The molecule has 0 spiro atoms. The molecule has 1 unspecified atom stereocenters. The second-order valence-electron chi connectivity index (χ2n) is 14.7. The van der Waals surface area contributed by atoms with Gasteiger partial charge in [-0.25, -0.2) is 0 Å². The molecule has 0 rings (SSSR count). The molecule has 0 saturated heterocycles. The zero-order chi connectivity index (χ0) is 38.4. The third kappa shape index (κ3) is 44.1. The minimum absolute atomic E-state index is 0.179. The van der Waals surface area contributed by atoms with E-state index in [1.807, 2.05) is 0 Å². The van der Waals surface area contributed by atoms with Crippen LogP contribution in [0.25, 0.3) is 0 Å². The summed E-state index contributed by atoms with van der Waals surface area (Å²) in [5, 5.41) is 9.62. The van der Waals surface area contributed by atoms with Crippen LogP contribution in [-0.2, 0) is 14.3 Å².